The van der Waals surface area contributed by atoms with E-state index in [2.05, 4.69) is 5.32 Å². The number of carbonyl (C=O) groups is 2. The number of amides is 1. The molecular formula is C16H22ClNO4. The largest absolute Gasteiger partial charge is 0.503 e. The Labute approximate surface area is 135 Å². The van der Waals surface area contributed by atoms with Crippen molar-refractivity contribution in [1.29, 1.82) is 0 Å². The summed E-state index contributed by atoms with van der Waals surface area (Å²) < 4.78 is 0. The van der Waals surface area contributed by atoms with Crippen LogP contribution >= 0.6 is 11.6 Å². The number of carbonyl (C=O) groups excluding carboxylic acids is 1. The van der Waals surface area contributed by atoms with E-state index in [-0.39, 0.29) is 5.91 Å². The molecule has 2 rings (SSSR count). The first kappa shape index (κ1) is 18.3. The average Bonchev–Trinajstić information content (AvgIpc) is 2.42. The lowest BCUT2D eigenvalue weighted by Crippen LogP contribution is -2.37. The van der Waals surface area contributed by atoms with Gasteiger partial charge in [0.1, 0.15) is 0 Å². The van der Waals surface area contributed by atoms with Crippen LogP contribution < -0.4 is 5.32 Å². The van der Waals surface area contributed by atoms with Crippen molar-refractivity contribution >= 4 is 23.7 Å². The SMILES string of the molecule is Cc1cc(Cl)ccc1CC(=O)NC1CCCCC1.O=C(O)O. The molecule has 0 unspecified atom stereocenters. The third-order valence-corrected chi connectivity index (χ3v) is 3.86. The number of nitrogens with one attached hydrogen (secondary N) is 1. The molecule has 6 heteroatoms. The molecule has 0 spiro atoms. The van der Waals surface area contributed by atoms with Gasteiger partial charge in [0.15, 0.2) is 0 Å². The third kappa shape index (κ3) is 7.31. The first-order chi connectivity index (χ1) is 10.4. The van der Waals surface area contributed by atoms with E-state index in [4.69, 9.17) is 26.6 Å². The second-order valence-corrected chi connectivity index (χ2v) is 5.87. The molecule has 0 aliphatic heterocycles. The zero-order chi connectivity index (χ0) is 16.5. The molecule has 1 aliphatic carbocycles. The standard InChI is InChI=1S/C15H20ClNO.CH2O3/c1-11-9-13(16)8-7-12(11)10-15(18)17-14-5-3-2-4-6-14;2-1(3)4/h7-9,14H,2-6,10H2,1H3,(H,17,18);(H2,2,3,4). The summed E-state index contributed by atoms with van der Waals surface area (Å²) in [5, 5.41) is 17.8. The average molecular weight is 328 g/mol. The summed E-state index contributed by atoms with van der Waals surface area (Å²) in [6.07, 6.45) is 4.68. The van der Waals surface area contributed by atoms with E-state index in [1.54, 1.807) is 0 Å². The number of halogens is 1. The molecule has 0 aromatic heterocycles. The molecule has 1 fully saturated rings. The Balaban J connectivity index is 0.000000541. The van der Waals surface area contributed by atoms with Gasteiger partial charge in [-0.3, -0.25) is 4.79 Å². The highest BCUT2D eigenvalue weighted by atomic mass is 35.5. The molecule has 3 N–H and O–H groups in total. The molecule has 0 bridgehead atoms. The van der Waals surface area contributed by atoms with E-state index in [0.717, 1.165) is 29.0 Å². The predicted octanol–water partition coefficient (Wildman–Crippen LogP) is 3.86. The monoisotopic (exact) mass is 327 g/mol. The first-order valence-electron chi connectivity index (χ1n) is 7.34. The molecule has 0 radical (unpaired) electrons. The smallest absolute Gasteiger partial charge is 0.450 e. The summed E-state index contributed by atoms with van der Waals surface area (Å²) in [4.78, 5) is 20.5. The lowest BCUT2D eigenvalue weighted by atomic mass is 9.95. The summed E-state index contributed by atoms with van der Waals surface area (Å²) in [6.45, 7) is 2.00. The van der Waals surface area contributed by atoms with Crippen molar-refractivity contribution in [1.82, 2.24) is 5.32 Å². The van der Waals surface area contributed by atoms with E-state index in [1.807, 2.05) is 25.1 Å². The van der Waals surface area contributed by atoms with Gasteiger partial charge in [-0.1, -0.05) is 36.9 Å². The van der Waals surface area contributed by atoms with Crippen molar-refractivity contribution in [2.75, 3.05) is 0 Å². The number of hydrogen-bond donors (Lipinski definition) is 3. The van der Waals surface area contributed by atoms with Crippen LogP contribution in [0.15, 0.2) is 18.2 Å². The molecule has 1 aromatic rings. The van der Waals surface area contributed by atoms with E-state index in [1.165, 1.54) is 19.3 Å². The number of carboxylic acid groups (broad SMARTS) is 2. The molecule has 0 atom stereocenters. The van der Waals surface area contributed by atoms with Crippen LogP contribution in [0.25, 0.3) is 0 Å². The summed E-state index contributed by atoms with van der Waals surface area (Å²) in [6, 6.07) is 6.08. The van der Waals surface area contributed by atoms with Crippen molar-refractivity contribution in [3.8, 4) is 0 Å². The van der Waals surface area contributed by atoms with E-state index < -0.39 is 6.16 Å². The van der Waals surface area contributed by atoms with E-state index in [9.17, 15) is 4.79 Å². The van der Waals surface area contributed by atoms with Crippen LogP contribution in [0, 0.1) is 6.92 Å². The molecule has 1 saturated carbocycles. The van der Waals surface area contributed by atoms with Gasteiger partial charge in [-0.25, -0.2) is 4.79 Å². The minimum absolute atomic E-state index is 0.132. The number of rotatable bonds is 3. The molecule has 0 heterocycles. The molecule has 1 aliphatic rings. The summed E-state index contributed by atoms with van der Waals surface area (Å²) in [7, 11) is 0. The zero-order valence-corrected chi connectivity index (χ0v) is 13.4. The van der Waals surface area contributed by atoms with E-state index in [0.29, 0.717) is 12.5 Å². The molecule has 22 heavy (non-hydrogen) atoms. The van der Waals surface area contributed by atoms with Crippen LogP contribution in [0.5, 0.6) is 0 Å². The van der Waals surface area contributed by atoms with Crippen molar-refractivity contribution in [2.24, 2.45) is 0 Å². The highest BCUT2D eigenvalue weighted by Gasteiger charge is 2.16. The normalized spacial score (nSPS) is 14.6. The fourth-order valence-corrected chi connectivity index (χ4v) is 2.78. The Morgan fingerprint density at radius 1 is 1.23 bits per heavy atom. The van der Waals surface area contributed by atoms with Crippen molar-refractivity contribution < 1.29 is 19.8 Å². The van der Waals surface area contributed by atoms with E-state index >= 15 is 0 Å². The molecular weight excluding hydrogens is 306 g/mol. The first-order valence-corrected chi connectivity index (χ1v) is 7.72. The Bertz CT molecular complexity index is 509. The van der Waals surface area contributed by atoms with Crippen LogP contribution in [0.4, 0.5) is 4.79 Å². The van der Waals surface area contributed by atoms with Crippen LogP contribution in [-0.4, -0.2) is 28.3 Å². The maximum absolute atomic E-state index is 12.0. The Morgan fingerprint density at radius 2 is 1.82 bits per heavy atom. The Hall–Kier alpha value is -1.75. The fourth-order valence-electron chi connectivity index (χ4n) is 2.56. The predicted molar refractivity (Wildman–Crippen MR) is 85.6 cm³/mol. The maximum Gasteiger partial charge on any atom is 0.503 e. The Kier molecular flexibility index (Phi) is 7.74. The molecule has 1 amide bonds. The molecule has 1 aromatic carbocycles. The number of benzene rings is 1. The van der Waals surface area contributed by atoms with Gasteiger partial charge in [0.25, 0.3) is 0 Å². The molecule has 0 saturated heterocycles. The second kappa shape index (κ2) is 9.30. The molecule has 122 valence electrons. The van der Waals surface area contributed by atoms with Gasteiger partial charge in [-0.2, -0.15) is 0 Å². The fraction of sp³-hybridized carbons (Fsp3) is 0.500. The van der Waals surface area contributed by atoms with Crippen LogP contribution in [0.2, 0.25) is 5.02 Å². The third-order valence-electron chi connectivity index (χ3n) is 3.63. The Morgan fingerprint density at radius 3 is 2.36 bits per heavy atom. The maximum atomic E-state index is 12.0. The second-order valence-electron chi connectivity index (χ2n) is 5.43. The van der Waals surface area contributed by atoms with Crippen molar-refractivity contribution in [2.45, 2.75) is 51.5 Å². The van der Waals surface area contributed by atoms with Gasteiger partial charge in [0.2, 0.25) is 5.91 Å². The summed E-state index contributed by atoms with van der Waals surface area (Å²) in [5.74, 6) is 0.132. The van der Waals surface area contributed by atoms with Gasteiger partial charge in [0.05, 0.1) is 6.42 Å². The minimum atomic E-state index is -1.83. The summed E-state index contributed by atoms with van der Waals surface area (Å²) >= 11 is 5.91. The van der Waals surface area contributed by atoms with Gasteiger partial charge in [0, 0.05) is 11.1 Å². The number of hydrogen-bond acceptors (Lipinski definition) is 2. The van der Waals surface area contributed by atoms with Gasteiger partial charge in [-0.15, -0.1) is 0 Å². The van der Waals surface area contributed by atoms with Crippen molar-refractivity contribution in [3.05, 3.63) is 34.3 Å². The zero-order valence-electron chi connectivity index (χ0n) is 12.6. The highest BCUT2D eigenvalue weighted by Crippen LogP contribution is 2.18. The van der Waals surface area contributed by atoms with Crippen LogP contribution in [0.3, 0.4) is 0 Å². The minimum Gasteiger partial charge on any atom is -0.450 e. The van der Waals surface area contributed by atoms with Gasteiger partial charge < -0.3 is 15.5 Å². The summed E-state index contributed by atoms with van der Waals surface area (Å²) in [5.41, 5.74) is 2.15. The van der Waals surface area contributed by atoms with Crippen LogP contribution in [-0.2, 0) is 11.2 Å². The lowest BCUT2D eigenvalue weighted by molar-refractivity contribution is -0.121. The molecule has 5 nitrogen and oxygen atoms in total. The van der Waals surface area contributed by atoms with Crippen LogP contribution in [0.1, 0.15) is 43.2 Å². The quantitative estimate of drug-likeness (QED) is 0.786. The highest BCUT2D eigenvalue weighted by molar-refractivity contribution is 6.30. The topological polar surface area (TPSA) is 86.6 Å². The lowest BCUT2D eigenvalue weighted by Gasteiger charge is -2.22. The van der Waals surface area contributed by atoms with Gasteiger partial charge >= 0.3 is 6.16 Å². The van der Waals surface area contributed by atoms with Gasteiger partial charge in [-0.05, 0) is 43.0 Å². The van der Waals surface area contributed by atoms with Crippen molar-refractivity contribution in [3.63, 3.8) is 0 Å². The number of aryl methyl sites for hydroxylation is 1.